The van der Waals surface area contributed by atoms with Crippen molar-refractivity contribution in [1.29, 1.82) is 0 Å². The predicted molar refractivity (Wildman–Crippen MR) is 75.7 cm³/mol. The van der Waals surface area contributed by atoms with Gasteiger partial charge in [-0.2, -0.15) is 0 Å². The summed E-state index contributed by atoms with van der Waals surface area (Å²) in [4.78, 5) is 17.4. The van der Waals surface area contributed by atoms with Gasteiger partial charge in [0.2, 0.25) is 5.91 Å². The number of nitrogens with zero attached hydrogens (tertiary/aromatic N) is 2. The van der Waals surface area contributed by atoms with E-state index in [0.717, 1.165) is 32.4 Å². The van der Waals surface area contributed by atoms with Crippen molar-refractivity contribution in [2.75, 3.05) is 32.7 Å². The van der Waals surface area contributed by atoms with E-state index in [1.807, 2.05) is 0 Å². The number of hydrogen-bond donors (Lipinski definition) is 1. The maximum atomic E-state index is 12.7. The summed E-state index contributed by atoms with van der Waals surface area (Å²) in [6.45, 7) is 4.89. The van der Waals surface area contributed by atoms with Crippen molar-refractivity contribution < 1.29 is 4.79 Å². The van der Waals surface area contributed by atoms with Crippen LogP contribution < -0.4 is 5.73 Å². The molecule has 1 atom stereocenters. The fourth-order valence-corrected chi connectivity index (χ4v) is 3.99. The monoisotopic (exact) mass is 265 g/mol. The normalized spacial score (nSPS) is 31.2. The number of piperidine rings is 1. The molecule has 0 radical (unpaired) electrons. The molecule has 1 saturated carbocycles. The zero-order valence-corrected chi connectivity index (χ0v) is 11.9. The average molecular weight is 265 g/mol. The van der Waals surface area contributed by atoms with E-state index in [9.17, 15) is 4.79 Å². The summed E-state index contributed by atoms with van der Waals surface area (Å²) >= 11 is 0. The first-order valence-electron chi connectivity index (χ1n) is 7.99. The lowest BCUT2D eigenvalue weighted by molar-refractivity contribution is -0.148. The second kappa shape index (κ2) is 5.41. The highest BCUT2D eigenvalue weighted by molar-refractivity contribution is 5.84. The molecular formula is C15H27N3O. The molecule has 0 aromatic heterocycles. The van der Waals surface area contributed by atoms with E-state index in [2.05, 4.69) is 9.80 Å². The van der Waals surface area contributed by atoms with Crippen molar-refractivity contribution in [2.24, 2.45) is 11.1 Å². The van der Waals surface area contributed by atoms with Gasteiger partial charge in [-0.3, -0.25) is 9.69 Å². The number of carbonyl (C=O) groups is 1. The van der Waals surface area contributed by atoms with Gasteiger partial charge in [-0.05, 0) is 51.6 Å². The van der Waals surface area contributed by atoms with Gasteiger partial charge >= 0.3 is 0 Å². The Balaban J connectivity index is 1.62. The third kappa shape index (κ3) is 2.40. The molecule has 2 saturated heterocycles. The second-order valence-electron chi connectivity index (χ2n) is 6.63. The Kier molecular flexibility index (Phi) is 3.81. The lowest BCUT2D eigenvalue weighted by atomic mass is 9.67. The molecule has 4 nitrogen and oxygen atoms in total. The SMILES string of the molecule is NCC1(C(=O)N2CCCC(N3CCCC3)C2)CCC1. The first kappa shape index (κ1) is 13.4. The number of hydrogen-bond acceptors (Lipinski definition) is 3. The standard InChI is InChI=1S/C15H27N3O/c16-12-15(6-4-7-15)14(19)18-10-3-5-13(11-18)17-8-1-2-9-17/h13H,1-12,16H2. The van der Waals surface area contributed by atoms with Crippen LogP contribution in [0.3, 0.4) is 0 Å². The van der Waals surface area contributed by atoms with Crippen molar-refractivity contribution in [1.82, 2.24) is 9.80 Å². The number of carbonyl (C=O) groups excluding carboxylic acids is 1. The number of nitrogens with two attached hydrogens (primary N) is 1. The van der Waals surface area contributed by atoms with Crippen LogP contribution in [0.5, 0.6) is 0 Å². The van der Waals surface area contributed by atoms with Crippen LogP contribution in [-0.4, -0.2) is 54.5 Å². The van der Waals surface area contributed by atoms with Gasteiger partial charge in [0.25, 0.3) is 0 Å². The minimum absolute atomic E-state index is 0.188. The van der Waals surface area contributed by atoms with Crippen LogP contribution in [0.25, 0.3) is 0 Å². The molecule has 1 unspecified atom stereocenters. The largest absolute Gasteiger partial charge is 0.341 e. The molecule has 2 aliphatic heterocycles. The molecule has 4 heteroatoms. The summed E-state index contributed by atoms with van der Waals surface area (Å²) in [5, 5.41) is 0. The summed E-state index contributed by atoms with van der Waals surface area (Å²) < 4.78 is 0. The van der Waals surface area contributed by atoms with E-state index in [-0.39, 0.29) is 5.41 Å². The third-order valence-corrected chi connectivity index (χ3v) is 5.50. The Morgan fingerprint density at radius 3 is 2.42 bits per heavy atom. The Labute approximate surface area is 116 Å². The Morgan fingerprint density at radius 2 is 1.84 bits per heavy atom. The van der Waals surface area contributed by atoms with Crippen molar-refractivity contribution >= 4 is 5.91 Å². The first-order valence-corrected chi connectivity index (χ1v) is 7.99. The molecular weight excluding hydrogens is 238 g/mol. The zero-order chi connectivity index (χ0) is 13.3. The Hall–Kier alpha value is -0.610. The highest BCUT2D eigenvalue weighted by Gasteiger charge is 2.46. The Morgan fingerprint density at radius 1 is 1.11 bits per heavy atom. The Bertz CT molecular complexity index is 329. The highest BCUT2D eigenvalue weighted by Crippen LogP contribution is 2.42. The molecule has 1 aliphatic carbocycles. The molecule has 108 valence electrons. The van der Waals surface area contributed by atoms with Crippen molar-refractivity contribution in [3.63, 3.8) is 0 Å². The summed E-state index contributed by atoms with van der Waals surface area (Å²) in [5.41, 5.74) is 5.69. The molecule has 2 N–H and O–H groups in total. The summed E-state index contributed by atoms with van der Waals surface area (Å²) in [7, 11) is 0. The van der Waals surface area contributed by atoms with E-state index in [1.165, 1.54) is 38.8 Å². The minimum atomic E-state index is -0.188. The van der Waals surface area contributed by atoms with Gasteiger partial charge in [-0.15, -0.1) is 0 Å². The van der Waals surface area contributed by atoms with E-state index in [0.29, 0.717) is 18.5 Å². The van der Waals surface area contributed by atoms with Crippen molar-refractivity contribution in [3.05, 3.63) is 0 Å². The first-order chi connectivity index (χ1) is 9.25. The lowest BCUT2D eigenvalue weighted by Crippen LogP contribution is -2.56. The van der Waals surface area contributed by atoms with Crippen LogP contribution in [0.15, 0.2) is 0 Å². The van der Waals surface area contributed by atoms with Gasteiger partial charge < -0.3 is 10.6 Å². The van der Waals surface area contributed by atoms with Gasteiger partial charge in [0.1, 0.15) is 0 Å². The smallest absolute Gasteiger partial charge is 0.230 e. The van der Waals surface area contributed by atoms with Gasteiger partial charge in [-0.1, -0.05) is 6.42 Å². The van der Waals surface area contributed by atoms with E-state index in [1.54, 1.807) is 0 Å². The molecule has 1 amide bonds. The van der Waals surface area contributed by atoms with E-state index < -0.39 is 0 Å². The molecule has 19 heavy (non-hydrogen) atoms. The van der Waals surface area contributed by atoms with Crippen LogP contribution in [0.2, 0.25) is 0 Å². The van der Waals surface area contributed by atoms with Crippen molar-refractivity contribution in [3.8, 4) is 0 Å². The molecule has 2 heterocycles. The van der Waals surface area contributed by atoms with Crippen LogP contribution in [-0.2, 0) is 4.79 Å². The third-order valence-electron chi connectivity index (χ3n) is 5.50. The number of rotatable bonds is 3. The second-order valence-corrected chi connectivity index (χ2v) is 6.63. The maximum Gasteiger partial charge on any atom is 0.230 e. The van der Waals surface area contributed by atoms with Crippen LogP contribution >= 0.6 is 0 Å². The highest BCUT2D eigenvalue weighted by atomic mass is 16.2. The fourth-order valence-electron chi connectivity index (χ4n) is 3.99. The number of amides is 1. The molecule has 0 spiro atoms. The van der Waals surface area contributed by atoms with Crippen LogP contribution in [0, 0.1) is 5.41 Å². The molecule has 3 rings (SSSR count). The van der Waals surface area contributed by atoms with Crippen LogP contribution in [0.1, 0.15) is 44.9 Å². The summed E-state index contributed by atoms with van der Waals surface area (Å²) in [6.07, 6.45) is 8.27. The average Bonchev–Trinajstić information content (AvgIpc) is 2.92. The van der Waals surface area contributed by atoms with Crippen LogP contribution in [0.4, 0.5) is 0 Å². The quantitative estimate of drug-likeness (QED) is 0.834. The lowest BCUT2D eigenvalue weighted by Gasteiger charge is -2.46. The molecule has 0 aromatic rings. The summed E-state index contributed by atoms with van der Waals surface area (Å²) in [6, 6.07) is 0.607. The van der Waals surface area contributed by atoms with E-state index in [4.69, 9.17) is 5.73 Å². The van der Waals surface area contributed by atoms with Gasteiger partial charge in [0, 0.05) is 25.7 Å². The predicted octanol–water partition coefficient (Wildman–Crippen LogP) is 1.20. The molecule has 0 bridgehead atoms. The molecule has 0 aromatic carbocycles. The van der Waals surface area contributed by atoms with Gasteiger partial charge in [0.05, 0.1) is 5.41 Å². The van der Waals surface area contributed by atoms with Crippen molar-refractivity contribution in [2.45, 2.75) is 51.0 Å². The van der Waals surface area contributed by atoms with Gasteiger partial charge in [0.15, 0.2) is 0 Å². The van der Waals surface area contributed by atoms with Gasteiger partial charge in [-0.25, -0.2) is 0 Å². The topological polar surface area (TPSA) is 49.6 Å². The van der Waals surface area contributed by atoms with E-state index >= 15 is 0 Å². The zero-order valence-electron chi connectivity index (χ0n) is 11.9. The fraction of sp³-hybridized carbons (Fsp3) is 0.933. The minimum Gasteiger partial charge on any atom is -0.341 e. The number of likely N-dealkylation sites (tertiary alicyclic amines) is 2. The summed E-state index contributed by atoms with van der Waals surface area (Å²) in [5.74, 6) is 0.352. The maximum absolute atomic E-state index is 12.7. The molecule has 3 fully saturated rings. The molecule has 3 aliphatic rings.